The molecule has 1 aliphatic heterocycles. The first kappa shape index (κ1) is 15.0. The van der Waals surface area contributed by atoms with E-state index in [1.54, 1.807) is 0 Å². The van der Waals surface area contributed by atoms with E-state index in [2.05, 4.69) is 15.5 Å². The number of hydrogen-bond acceptors (Lipinski definition) is 4. The van der Waals surface area contributed by atoms with Gasteiger partial charge < -0.3 is 20.6 Å². The van der Waals surface area contributed by atoms with Crippen LogP contribution in [0.5, 0.6) is 0 Å². The van der Waals surface area contributed by atoms with E-state index in [1.807, 2.05) is 38.4 Å². The van der Waals surface area contributed by atoms with Crippen molar-refractivity contribution < 1.29 is 9.90 Å². The maximum absolute atomic E-state index is 12.1. The number of amides is 1. The molecule has 0 radical (unpaired) electrons. The number of carbonyl (C=O) groups is 1. The van der Waals surface area contributed by atoms with Crippen LogP contribution in [-0.4, -0.2) is 55.7 Å². The smallest absolute Gasteiger partial charge is 0.251 e. The molecule has 1 aliphatic rings. The Bertz CT molecular complexity index is 462. The van der Waals surface area contributed by atoms with E-state index >= 15 is 0 Å². The fourth-order valence-electron chi connectivity index (χ4n) is 2.43. The molecule has 2 unspecified atom stereocenters. The van der Waals surface area contributed by atoms with E-state index < -0.39 is 0 Å². The summed E-state index contributed by atoms with van der Waals surface area (Å²) in [5, 5.41) is 15.7. The Kier molecular flexibility index (Phi) is 5.11. The summed E-state index contributed by atoms with van der Waals surface area (Å²) in [6.45, 7) is 2.68. The molecule has 1 heterocycles. The highest BCUT2D eigenvalue weighted by molar-refractivity contribution is 5.94. The van der Waals surface area contributed by atoms with E-state index in [9.17, 15) is 9.90 Å². The zero-order valence-electron chi connectivity index (χ0n) is 12.1. The van der Waals surface area contributed by atoms with Gasteiger partial charge in [0.15, 0.2) is 0 Å². The van der Waals surface area contributed by atoms with Gasteiger partial charge in [-0.2, -0.15) is 0 Å². The Hall–Kier alpha value is -1.43. The van der Waals surface area contributed by atoms with Crippen molar-refractivity contribution >= 4 is 5.91 Å². The lowest BCUT2D eigenvalue weighted by Gasteiger charge is -2.15. The molecule has 110 valence electrons. The van der Waals surface area contributed by atoms with Crippen molar-refractivity contribution in [2.75, 3.05) is 33.7 Å². The molecule has 1 fully saturated rings. The molecule has 1 amide bonds. The first-order valence-corrected chi connectivity index (χ1v) is 6.97. The lowest BCUT2D eigenvalue weighted by molar-refractivity contribution is 0.0927. The molecule has 20 heavy (non-hydrogen) atoms. The van der Waals surface area contributed by atoms with Gasteiger partial charge in [0.2, 0.25) is 0 Å². The number of carbonyl (C=O) groups excluding carboxylic acids is 1. The third-order valence-corrected chi connectivity index (χ3v) is 3.52. The van der Waals surface area contributed by atoms with Crippen LogP contribution in [0.2, 0.25) is 0 Å². The molecule has 0 spiro atoms. The van der Waals surface area contributed by atoms with Gasteiger partial charge in [0.25, 0.3) is 5.91 Å². The zero-order chi connectivity index (χ0) is 14.5. The molecule has 1 saturated heterocycles. The number of aliphatic hydroxyl groups is 1. The lowest BCUT2D eigenvalue weighted by Crippen LogP contribution is -2.34. The largest absolute Gasteiger partial charge is 0.391 e. The van der Waals surface area contributed by atoms with Crippen molar-refractivity contribution in [1.82, 2.24) is 15.5 Å². The SMILES string of the molecule is CN(C)Cc1cccc(C(=O)NCC2CNCC2O)c1. The molecule has 5 nitrogen and oxygen atoms in total. The summed E-state index contributed by atoms with van der Waals surface area (Å²) >= 11 is 0. The van der Waals surface area contributed by atoms with Crippen LogP contribution >= 0.6 is 0 Å². The molecule has 0 aliphatic carbocycles. The maximum Gasteiger partial charge on any atom is 0.251 e. The fraction of sp³-hybridized carbons (Fsp3) is 0.533. The number of aliphatic hydroxyl groups excluding tert-OH is 1. The van der Waals surface area contributed by atoms with Gasteiger partial charge in [-0.15, -0.1) is 0 Å². The van der Waals surface area contributed by atoms with Crippen molar-refractivity contribution in [3.8, 4) is 0 Å². The van der Waals surface area contributed by atoms with Gasteiger partial charge in [-0.1, -0.05) is 12.1 Å². The van der Waals surface area contributed by atoms with E-state index in [1.165, 1.54) is 0 Å². The monoisotopic (exact) mass is 277 g/mol. The van der Waals surface area contributed by atoms with Crippen molar-refractivity contribution in [1.29, 1.82) is 0 Å². The van der Waals surface area contributed by atoms with Gasteiger partial charge in [0, 0.05) is 37.7 Å². The van der Waals surface area contributed by atoms with Crippen LogP contribution in [-0.2, 0) is 6.54 Å². The summed E-state index contributed by atoms with van der Waals surface area (Å²) in [5.41, 5.74) is 1.79. The predicted octanol–water partition coefficient (Wildman–Crippen LogP) is 0.0583. The zero-order valence-corrected chi connectivity index (χ0v) is 12.1. The Morgan fingerprint density at radius 3 is 2.90 bits per heavy atom. The summed E-state index contributed by atoms with van der Waals surface area (Å²) in [6, 6.07) is 7.65. The molecule has 0 aromatic heterocycles. The standard InChI is InChI=1S/C15H23N3O2/c1-18(2)10-11-4-3-5-12(6-11)15(20)17-8-13-7-16-9-14(13)19/h3-6,13-14,16,19H,7-10H2,1-2H3,(H,17,20). The van der Waals surface area contributed by atoms with Gasteiger partial charge in [-0.25, -0.2) is 0 Å². The van der Waals surface area contributed by atoms with Crippen LogP contribution in [0.25, 0.3) is 0 Å². The second-order valence-electron chi connectivity index (χ2n) is 5.63. The topological polar surface area (TPSA) is 64.6 Å². The van der Waals surface area contributed by atoms with Crippen LogP contribution in [0.3, 0.4) is 0 Å². The molecule has 2 rings (SSSR count). The number of hydrogen-bond donors (Lipinski definition) is 3. The van der Waals surface area contributed by atoms with Gasteiger partial charge in [-0.05, 0) is 31.8 Å². The van der Waals surface area contributed by atoms with Gasteiger partial charge in [0.1, 0.15) is 0 Å². The number of β-amino-alcohol motifs (C(OH)–C–C–N with tert-alkyl or cyclic N) is 1. The predicted molar refractivity (Wildman–Crippen MR) is 78.5 cm³/mol. The summed E-state index contributed by atoms with van der Waals surface area (Å²) in [4.78, 5) is 14.2. The van der Waals surface area contributed by atoms with Crippen molar-refractivity contribution in [3.05, 3.63) is 35.4 Å². The second kappa shape index (κ2) is 6.83. The van der Waals surface area contributed by atoms with Crippen molar-refractivity contribution in [3.63, 3.8) is 0 Å². The minimum absolute atomic E-state index is 0.0790. The average molecular weight is 277 g/mol. The molecule has 1 aromatic rings. The summed E-state index contributed by atoms with van der Waals surface area (Å²) in [6.07, 6.45) is -0.365. The molecule has 1 aromatic carbocycles. The molecule has 2 atom stereocenters. The van der Waals surface area contributed by atoms with Crippen molar-refractivity contribution in [2.24, 2.45) is 5.92 Å². The van der Waals surface area contributed by atoms with E-state index in [4.69, 9.17) is 0 Å². The van der Waals surface area contributed by atoms with Gasteiger partial charge >= 0.3 is 0 Å². The third kappa shape index (κ3) is 4.03. The summed E-state index contributed by atoms with van der Waals surface area (Å²) < 4.78 is 0. The highest BCUT2D eigenvalue weighted by atomic mass is 16.3. The van der Waals surface area contributed by atoms with Crippen molar-refractivity contribution in [2.45, 2.75) is 12.6 Å². The Labute approximate surface area is 120 Å². The highest BCUT2D eigenvalue weighted by Crippen LogP contribution is 2.09. The van der Waals surface area contributed by atoms with Gasteiger partial charge in [-0.3, -0.25) is 4.79 Å². The molecule has 5 heteroatoms. The second-order valence-corrected chi connectivity index (χ2v) is 5.63. The van der Waals surface area contributed by atoms with E-state index in [0.717, 1.165) is 18.7 Å². The Morgan fingerprint density at radius 2 is 2.25 bits per heavy atom. The molecule has 3 N–H and O–H groups in total. The molecule has 0 saturated carbocycles. The first-order valence-electron chi connectivity index (χ1n) is 6.97. The molecular weight excluding hydrogens is 254 g/mol. The summed E-state index contributed by atoms with van der Waals surface area (Å²) in [7, 11) is 4.00. The minimum Gasteiger partial charge on any atom is -0.391 e. The van der Waals surface area contributed by atoms with Crippen LogP contribution in [0.15, 0.2) is 24.3 Å². The summed E-state index contributed by atoms with van der Waals surface area (Å²) in [5.74, 6) is 0.0219. The number of nitrogens with zero attached hydrogens (tertiary/aromatic N) is 1. The number of benzene rings is 1. The minimum atomic E-state index is -0.365. The van der Waals surface area contributed by atoms with Crippen LogP contribution in [0, 0.1) is 5.92 Å². The Balaban J connectivity index is 1.91. The fourth-order valence-corrected chi connectivity index (χ4v) is 2.43. The van der Waals surface area contributed by atoms with Gasteiger partial charge in [0.05, 0.1) is 6.10 Å². The quantitative estimate of drug-likeness (QED) is 0.712. The first-order chi connectivity index (χ1) is 9.56. The van der Waals surface area contributed by atoms with E-state index in [0.29, 0.717) is 18.7 Å². The van der Waals surface area contributed by atoms with E-state index in [-0.39, 0.29) is 17.9 Å². The van der Waals surface area contributed by atoms with Crippen LogP contribution < -0.4 is 10.6 Å². The number of nitrogens with one attached hydrogen (secondary N) is 2. The Morgan fingerprint density at radius 1 is 1.45 bits per heavy atom. The van der Waals surface area contributed by atoms with Crippen LogP contribution in [0.1, 0.15) is 15.9 Å². The molecule has 0 bridgehead atoms. The lowest BCUT2D eigenvalue weighted by atomic mass is 10.1. The molecular formula is C15H23N3O2. The number of rotatable bonds is 5. The highest BCUT2D eigenvalue weighted by Gasteiger charge is 2.25. The van der Waals surface area contributed by atoms with Crippen LogP contribution in [0.4, 0.5) is 0 Å². The normalized spacial score (nSPS) is 22.2. The maximum atomic E-state index is 12.1. The third-order valence-electron chi connectivity index (χ3n) is 3.52. The average Bonchev–Trinajstić information content (AvgIpc) is 2.81.